The van der Waals surface area contributed by atoms with Crippen LogP contribution in [0.3, 0.4) is 0 Å². The molecule has 1 aromatic carbocycles. The van der Waals surface area contributed by atoms with Crippen molar-refractivity contribution in [2.75, 3.05) is 6.54 Å². The molecule has 2 nitrogen and oxygen atoms in total. The first-order valence-electron chi connectivity index (χ1n) is 4.64. The Hall–Kier alpha value is -1.28. The molecule has 2 heteroatoms. The normalized spacial score (nSPS) is 20.8. The van der Waals surface area contributed by atoms with Crippen molar-refractivity contribution in [2.24, 2.45) is 7.05 Å². The molecule has 2 heterocycles. The van der Waals surface area contributed by atoms with Crippen LogP contribution < -0.4 is 5.32 Å². The minimum Gasteiger partial charge on any atom is -0.346 e. The zero-order valence-electron chi connectivity index (χ0n) is 7.62. The Morgan fingerprint density at radius 2 is 2.15 bits per heavy atom. The van der Waals surface area contributed by atoms with Crippen molar-refractivity contribution in [3.05, 3.63) is 36.0 Å². The van der Waals surface area contributed by atoms with E-state index in [0.29, 0.717) is 6.04 Å². The molecule has 13 heavy (non-hydrogen) atoms. The van der Waals surface area contributed by atoms with Crippen molar-refractivity contribution in [2.45, 2.75) is 6.04 Å². The number of aryl methyl sites for hydroxylation is 1. The van der Waals surface area contributed by atoms with Crippen LogP contribution in [0.5, 0.6) is 0 Å². The van der Waals surface area contributed by atoms with Crippen molar-refractivity contribution >= 4 is 10.9 Å². The number of para-hydroxylation sites is 1. The van der Waals surface area contributed by atoms with E-state index in [1.807, 2.05) is 0 Å². The number of rotatable bonds is 1. The van der Waals surface area contributed by atoms with Crippen LogP contribution in [-0.2, 0) is 7.05 Å². The third-order valence-corrected chi connectivity index (χ3v) is 2.75. The van der Waals surface area contributed by atoms with Crippen molar-refractivity contribution in [1.82, 2.24) is 9.88 Å². The molecule has 0 spiro atoms. The van der Waals surface area contributed by atoms with E-state index >= 15 is 0 Å². The standard InChI is InChI=1S/C11H12N2/c1-13-10-5-3-2-4-8(10)6-11(13)9-7-12-9/h2-6,9,12H,7H2,1H3/t9-/m1/s1. The second-order valence-electron chi connectivity index (χ2n) is 3.65. The van der Waals surface area contributed by atoms with Crippen LogP contribution in [0.15, 0.2) is 30.3 Å². The molecule has 0 amide bonds. The van der Waals surface area contributed by atoms with E-state index in [0.717, 1.165) is 6.54 Å². The van der Waals surface area contributed by atoms with Crippen LogP contribution >= 0.6 is 0 Å². The van der Waals surface area contributed by atoms with Gasteiger partial charge >= 0.3 is 0 Å². The first-order valence-corrected chi connectivity index (χ1v) is 4.64. The van der Waals surface area contributed by atoms with Crippen molar-refractivity contribution < 1.29 is 0 Å². The average Bonchev–Trinajstić information content (AvgIpc) is 2.94. The lowest BCUT2D eigenvalue weighted by molar-refractivity contribution is 0.848. The molecule has 66 valence electrons. The van der Waals surface area contributed by atoms with E-state index < -0.39 is 0 Å². The quantitative estimate of drug-likeness (QED) is 0.653. The fraction of sp³-hybridized carbons (Fsp3) is 0.273. The summed E-state index contributed by atoms with van der Waals surface area (Å²) in [6.45, 7) is 1.13. The Morgan fingerprint density at radius 3 is 2.85 bits per heavy atom. The van der Waals surface area contributed by atoms with Gasteiger partial charge in [-0.2, -0.15) is 0 Å². The summed E-state index contributed by atoms with van der Waals surface area (Å²) in [6.07, 6.45) is 0. The summed E-state index contributed by atoms with van der Waals surface area (Å²) in [5.41, 5.74) is 2.73. The maximum absolute atomic E-state index is 3.33. The molecule has 1 fully saturated rings. The number of hydrogen-bond donors (Lipinski definition) is 1. The van der Waals surface area contributed by atoms with E-state index in [1.165, 1.54) is 16.6 Å². The van der Waals surface area contributed by atoms with Gasteiger partial charge in [-0.15, -0.1) is 0 Å². The molecule has 1 aliphatic rings. The highest BCUT2D eigenvalue weighted by Crippen LogP contribution is 2.27. The van der Waals surface area contributed by atoms with E-state index in [2.05, 4.69) is 47.3 Å². The summed E-state index contributed by atoms with van der Waals surface area (Å²) < 4.78 is 2.28. The summed E-state index contributed by atoms with van der Waals surface area (Å²) in [4.78, 5) is 0. The highest BCUT2D eigenvalue weighted by Gasteiger charge is 2.25. The lowest BCUT2D eigenvalue weighted by Crippen LogP contribution is -1.95. The van der Waals surface area contributed by atoms with Gasteiger partial charge in [-0.25, -0.2) is 0 Å². The molecule has 1 atom stereocenters. The van der Waals surface area contributed by atoms with Crippen LogP contribution in [0.1, 0.15) is 11.7 Å². The van der Waals surface area contributed by atoms with Crippen molar-refractivity contribution in [1.29, 1.82) is 0 Å². The fourth-order valence-electron chi connectivity index (χ4n) is 1.91. The molecule has 1 aromatic heterocycles. The molecule has 0 aliphatic carbocycles. The number of nitrogens with zero attached hydrogens (tertiary/aromatic N) is 1. The smallest absolute Gasteiger partial charge is 0.0602 e. The zero-order chi connectivity index (χ0) is 8.84. The SMILES string of the molecule is Cn1c([C@H]2CN2)cc2ccccc21. The molecule has 2 aromatic rings. The topological polar surface area (TPSA) is 26.9 Å². The number of nitrogens with one attached hydrogen (secondary N) is 1. The average molecular weight is 172 g/mol. The van der Waals surface area contributed by atoms with Gasteiger partial charge in [0.25, 0.3) is 0 Å². The van der Waals surface area contributed by atoms with Gasteiger partial charge in [0.1, 0.15) is 0 Å². The summed E-state index contributed by atoms with van der Waals surface area (Å²) in [7, 11) is 2.14. The van der Waals surface area contributed by atoms with E-state index in [1.54, 1.807) is 0 Å². The summed E-state index contributed by atoms with van der Waals surface area (Å²) in [5.74, 6) is 0. The van der Waals surface area contributed by atoms with Crippen LogP contribution in [0, 0.1) is 0 Å². The molecular weight excluding hydrogens is 160 g/mol. The Kier molecular flexibility index (Phi) is 1.30. The van der Waals surface area contributed by atoms with Crippen molar-refractivity contribution in [3.63, 3.8) is 0 Å². The summed E-state index contributed by atoms with van der Waals surface area (Å²) in [5, 5.41) is 4.67. The van der Waals surface area contributed by atoms with Gasteiger partial charge in [-0.3, -0.25) is 0 Å². The maximum Gasteiger partial charge on any atom is 0.0602 e. The summed E-state index contributed by atoms with van der Waals surface area (Å²) in [6, 6.07) is 11.4. The molecule has 0 saturated carbocycles. The largest absolute Gasteiger partial charge is 0.346 e. The number of fused-ring (bicyclic) bond motifs is 1. The molecule has 1 saturated heterocycles. The van der Waals surface area contributed by atoms with Crippen molar-refractivity contribution in [3.8, 4) is 0 Å². The predicted molar refractivity (Wildman–Crippen MR) is 53.7 cm³/mol. The van der Waals surface area contributed by atoms with Crippen LogP contribution in [0.25, 0.3) is 10.9 Å². The molecule has 1 aliphatic heterocycles. The Morgan fingerprint density at radius 1 is 1.38 bits per heavy atom. The first-order chi connectivity index (χ1) is 6.36. The van der Waals surface area contributed by atoms with Gasteiger partial charge < -0.3 is 9.88 Å². The minimum atomic E-state index is 0.595. The van der Waals surface area contributed by atoms with Gasteiger partial charge in [-0.1, -0.05) is 18.2 Å². The Balaban J connectivity index is 2.30. The third-order valence-electron chi connectivity index (χ3n) is 2.75. The lowest BCUT2D eigenvalue weighted by atomic mass is 10.2. The fourth-order valence-corrected chi connectivity index (χ4v) is 1.91. The first kappa shape index (κ1) is 7.15. The predicted octanol–water partition coefficient (Wildman–Crippen LogP) is 1.82. The Bertz CT molecular complexity index is 452. The molecule has 0 radical (unpaired) electrons. The molecular formula is C11H12N2. The number of aromatic nitrogens is 1. The number of benzene rings is 1. The molecule has 0 unspecified atom stereocenters. The summed E-state index contributed by atoms with van der Waals surface area (Å²) >= 11 is 0. The monoisotopic (exact) mass is 172 g/mol. The lowest BCUT2D eigenvalue weighted by Gasteiger charge is -2.00. The van der Waals surface area contributed by atoms with E-state index in [4.69, 9.17) is 0 Å². The molecule has 3 rings (SSSR count). The van der Waals surface area contributed by atoms with Crippen LogP contribution in [0.2, 0.25) is 0 Å². The highest BCUT2D eigenvalue weighted by atomic mass is 15.1. The van der Waals surface area contributed by atoms with Gasteiger partial charge in [0.05, 0.1) is 6.04 Å². The Labute approximate surface area is 77.2 Å². The maximum atomic E-state index is 3.33. The van der Waals surface area contributed by atoms with Gasteiger partial charge in [0.2, 0.25) is 0 Å². The highest BCUT2D eigenvalue weighted by molar-refractivity contribution is 5.81. The molecule has 0 bridgehead atoms. The van der Waals surface area contributed by atoms with Crippen LogP contribution in [0.4, 0.5) is 0 Å². The number of hydrogen-bond acceptors (Lipinski definition) is 1. The second kappa shape index (κ2) is 2.36. The third kappa shape index (κ3) is 0.988. The van der Waals surface area contributed by atoms with Crippen LogP contribution in [-0.4, -0.2) is 11.1 Å². The van der Waals surface area contributed by atoms with Gasteiger partial charge in [0.15, 0.2) is 0 Å². The van der Waals surface area contributed by atoms with Gasteiger partial charge in [0, 0.05) is 24.8 Å². The molecule has 1 N–H and O–H groups in total. The van der Waals surface area contributed by atoms with E-state index in [-0.39, 0.29) is 0 Å². The van der Waals surface area contributed by atoms with E-state index in [9.17, 15) is 0 Å². The second-order valence-corrected chi connectivity index (χ2v) is 3.65. The minimum absolute atomic E-state index is 0.595. The van der Waals surface area contributed by atoms with Gasteiger partial charge in [-0.05, 0) is 17.5 Å². The zero-order valence-corrected chi connectivity index (χ0v) is 7.62.